The molecular weight excluding hydrogens is 444 g/mol. The van der Waals surface area contributed by atoms with E-state index in [9.17, 15) is 4.79 Å². The van der Waals surface area contributed by atoms with Crippen LogP contribution in [0.15, 0.2) is 84.4 Å². The summed E-state index contributed by atoms with van der Waals surface area (Å²) in [5.41, 5.74) is 3.37. The van der Waals surface area contributed by atoms with Crippen molar-refractivity contribution in [3.05, 3.63) is 100 Å². The minimum Gasteiger partial charge on any atom is -0.379 e. The van der Waals surface area contributed by atoms with Crippen molar-refractivity contribution in [3.8, 4) is 11.3 Å². The number of hydrogen-bond donors (Lipinski definition) is 1. The number of nitrogens with zero attached hydrogens (tertiary/aromatic N) is 3. The summed E-state index contributed by atoms with van der Waals surface area (Å²) >= 11 is 1.73. The SMILES string of the molecule is O=C(NCC(c1cccs1)N1CCOCC1)c1cn(Cc2ccccc2)nc1-c1ccccc1. The number of carbonyl (C=O) groups is 1. The molecule has 1 amide bonds. The maximum Gasteiger partial charge on any atom is 0.255 e. The van der Waals surface area contributed by atoms with Crippen LogP contribution in [0.2, 0.25) is 0 Å². The Hall–Kier alpha value is -3.26. The Morgan fingerprint density at radius 2 is 1.74 bits per heavy atom. The van der Waals surface area contributed by atoms with Crippen molar-refractivity contribution in [2.45, 2.75) is 12.6 Å². The first-order valence-corrected chi connectivity index (χ1v) is 12.5. The topological polar surface area (TPSA) is 59.4 Å². The second kappa shape index (κ2) is 10.8. The second-order valence-electron chi connectivity index (χ2n) is 8.33. The molecule has 1 atom stereocenters. The van der Waals surface area contributed by atoms with E-state index in [1.165, 1.54) is 4.88 Å². The van der Waals surface area contributed by atoms with Crippen LogP contribution in [0.3, 0.4) is 0 Å². The van der Waals surface area contributed by atoms with Crippen LogP contribution in [0.1, 0.15) is 26.8 Å². The summed E-state index contributed by atoms with van der Waals surface area (Å²) in [6, 6.07) is 24.4. The molecule has 0 saturated carbocycles. The van der Waals surface area contributed by atoms with Crippen LogP contribution in [0.25, 0.3) is 11.3 Å². The summed E-state index contributed by atoms with van der Waals surface area (Å²) < 4.78 is 7.39. The molecule has 5 rings (SSSR count). The molecular formula is C27H28N4O2S. The zero-order valence-corrected chi connectivity index (χ0v) is 19.8. The van der Waals surface area contributed by atoms with E-state index >= 15 is 0 Å². The van der Waals surface area contributed by atoms with Gasteiger partial charge in [0, 0.05) is 36.3 Å². The molecule has 1 unspecified atom stereocenters. The number of amides is 1. The largest absolute Gasteiger partial charge is 0.379 e. The Labute approximate surface area is 203 Å². The number of ether oxygens (including phenoxy) is 1. The minimum absolute atomic E-state index is 0.104. The van der Waals surface area contributed by atoms with Gasteiger partial charge in [0.05, 0.1) is 31.4 Å². The lowest BCUT2D eigenvalue weighted by atomic mass is 10.1. The lowest BCUT2D eigenvalue weighted by Gasteiger charge is -2.34. The molecule has 6 nitrogen and oxygen atoms in total. The summed E-state index contributed by atoms with van der Waals surface area (Å²) in [5, 5.41) is 10.1. The van der Waals surface area contributed by atoms with Crippen LogP contribution in [0.5, 0.6) is 0 Å². The highest BCUT2D eigenvalue weighted by Crippen LogP contribution is 2.26. The third kappa shape index (κ3) is 5.28. The molecule has 34 heavy (non-hydrogen) atoms. The van der Waals surface area contributed by atoms with Crippen molar-refractivity contribution in [1.82, 2.24) is 20.0 Å². The molecule has 0 spiro atoms. The first-order chi connectivity index (χ1) is 16.8. The van der Waals surface area contributed by atoms with E-state index in [1.54, 1.807) is 11.3 Å². The first kappa shape index (κ1) is 22.5. The van der Waals surface area contributed by atoms with Gasteiger partial charge in [-0.25, -0.2) is 0 Å². The molecule has 1 saturated heterocycles. The number of carbonyl (C=O) groups excluding carboxylic acids is 1. The van der Waals surface area contributed by atoms with Crippen molar-refractivity contribution < 1.29 is 9.53 Å². The molecule has 2 aromatic carbocycles. The molecule has 174 valence electrons. The lowest BCUT2D eigenvalue weighted by Crippen LogP contribution is -2.43. The Bertz CT molecular complexity index is 1190. The van der Waals surface area contributed by atoms with E-state index in [4.69, 9.17) is 9.84 Å². The molecule has 0 aliphatic carbocycles. The number of hydrogen-bond acceptors (Lipinski definition) is 5. The van der Waals surface area contributed by atoms with Gasteiger partial charge in [-0.05, 0) is 17.0 Å². The number of nitrogens with one attached hydrogen (secondary N) is 1. The third-order valence-electron chi connectivity index (χ3n) is 6.05. The fourth-order valence-electron chi connectivity index (χ4n) is 4.31. The molecule has 4 aromatic rings. The number of thiophene rings is 1. The third-order valence-corrected chi connectivity index (χ3v) is 7.03. The maximum atomic E-state index is 13.5. The van der Waals surface area contributed by atoms with Gasteiger partial charge in [-0.2, -0.15) is 5.10 Å². The van der Waals surface area contributed by atoms with Crippen LogP contribution < -0.4 is 5.32 Å². The van der Waals surface area contributed by atoms with E-state index in [0.29, 0.717) is 24.3 Å². The van der Waals surface area contributed by atoms with Crippen molar-refractivity contribution >= 4 is 17.2 Å². The number of benzene rings is 2. The van der Waals surface area contributed by atoms with Crippen LogP contribution in [-0.2, 0) is 11.3 Å². The molecule has 0 radical (unpaired) electrons. The predicted molar refractivity (Wildman–Crippen MR) is 135 cm³/mol. The van der Waals surface area contributed by atoms with Gasteiger partial charge in [-0.3, -0.25) is 14.4 Å². The molecule has 1 aliphatic heterocycles. The van der Waals surface area contributed by atoms with Crippen LogP contribution in [0.4, 0.5) is 0 Å². The highest BCUT2D eigenvalue weighted by molar-refractivity contribution is 7.10. The summed E-state index contributed by atoms with van der Waals surface area (Å²) in [6.45, 7) is 4.32. The van der Waals surface area contributed by atoms with Crippen LogP contribution in [-0.4, -0.2) is 53.4 Å². The van der Waals surface area contributed by atoms with Crippen molar-refractivity contribution in [3.63, 3.8) is 0 Å². The minimum atomic E-state index is -0.104. The molecule has 0 bridgehead atoms. The molecule has 3 heterocycles. The van der Waals surface area contributed by atoms with Gasteiger partial charge >= 0.3 is 0 Å². The molecule has 7 heteroatoms. The maximum absolute atomic E-state index is 13.5. The summed E-state index contributed by atoms with van der Waals surface area (Å²) in [4.78, 5) is 17.1. The zero-order valence-electron chi connectivity index (χ0n) is 19.0. The Morgan fingerprint density at radius 3 is 2.44 bits per heavy atom. The standard InChI is InChI=1S/C27H28N4O2S/c32-27(28-18-24(25-12-7-17-34-25)30-13-15-33-16-14-30)23-20-31(19-21-8-3-1-4-9-21)29-26(23)22-10-5-2-6-11-22/h1-12,17,20,24H,13-16,18-19H2,(H,28,32). The van der Waals surface area contributed by atoms with Crippen molar-refractivity contribution in [2.75, 3.05) is 32.8 Å². The molecule has 1 fully saturated rings. The van der Waals surface area contributed by atoms with Gasteiger partial charge in [0.25, 0.3) is 5.91 Å². The van der Waals surface area contributed by atoms with Crippen LogP contribution >= 0.6 is 11.3 Å². The average Bonchev–Trinajstić information content (AvgIpc) is 3.57. The van der Waals surface area contributed by atoms with Crippen LogP contribution in [0, 0.1) is 0 Å². The average molecular weight is 473 g/mol. The quantitative estimate of drug-likeness (QED) is 0.411. The fraction of sp³-hybridized carbons (Fsp3) is 0.259. The van der Waals surface area contributed by atoms with Gasteiger partial charge in [-0.15, -0.1) is 11.3 Å². The zero-order chi connectivity index (χ0) is 23.2. The van der Waals surface area contributed by atoms with E-state index < -0.39 is 0 Å². The Kier molecular flexibility index (Phi) is 7.14. The van der Waals surface area contributed by atoms with E-state index in [-0.39, 0.29) is 11.9 Å². The van der Waals surface area contributed by atoms with Crippen molar-refractivity contribution in [2.24, 2.45) is 0 Å². The smallest absolute Gasteiger partial charge is 0.255 e. The van der Waals surface area contributed by atoms with Gasteiger partial charge in [0.2, 0.25) is 0 Å². The monoisotopic (exact) mass is 472 g/mol. The summed E-state index contributed by atoms with van der Waals surface area (Å²) in [6.07, 6.45) is 1.86. The van der Waals surface area contributed by atoms with Crippen molar-refractivity contribution in [1.29, 1.82) is 0 Å². The Balaban J connectivity index is 1.38. The molecule has 1 aliphatic rings. The highest BCUT2D eigenvalue weighted by atomic mass is 32.1. The number of morpholine rings is 1. The number of aromatic nitrogens is 2. The molecule has 1 N–H and O–H groups in total. The fourth-order valence-corrected chi connectivity index (χ4v) is 5.17. The van der Waals surface area contributed by atoms with Gasteiger partial charge < -0.3 is 10.1 Å². The Morgan fingerprint density at radius 1 is 1.00 bits per heavy atom. The highest BCUT2D eigenvalue weighted by Gasteiger charge is 2.25. The first-order valence-electron chi connectivity index (χ1n) is 11.6. The number of rotatable bonds is 8. The predicted octanol–water partition coefficient (Wildman–Crippen LogP) is 4.46. The van der Waals surface area contributed by atoms with E-state index in [2.05, 4.69) is 39.9 Å². The van der Waals surface area contributed by atoms with Gasteiger partial charge in [0.1, 0.15) is 5.69 Å². The molecule has 2 aromatic heterocycles. The van der Waals surface area contributed by atoms with E-state index in [0.717, 1.165) is 37.4 Å². The normalized spacial score (nSPS) is 15.2. The second-order valence-corrected chi connectivity index (χ2v) is 9.31. The van der Waals surface area contributed by atoms with Gasteiger partial charge in [-0.1, -0.05) is 66.7 Å². The summed E-state index contributed by atoms with van der Waals surface area (Å²) in [7, 11) is 0. The van der Waals surface area contributed by atoms with E-state index in [1.807, 2.05) is 59.4 Å². The summed E-state index contributed by atoms with van der Waals surface area (Å²) in [5.74, 6) is -0.104. The lowest BCUT2D eigenvalue weighted by molar-refractivity contribution is 0.0169. The van der Waals surface area contributed by atoms with Gasteiger partial charge in [0.15, 0.2) is 0 Å².